The number of nitrogens with zero attached hydrogens (tertiary/aromatic N) is 2. The van der Waals surface area contributed by atoms with Crippen molar-refractivity contribution in [3.8, 4) is 0 Å². The molecule has 3 rings (SSSR count). The van der Waals surface area contributed by atoms with Crippen molar-refractivity contribution in [3.05, 3.63) is 60.2 Å². The summed E-state index contributed by atoms with van der Waals surface area (Å²) in [5, 5.41) is 10.4. The molecule has 2 N–H and O–H groups in total. The molecule has 24 heavy (non-hydrogen) atoms. The highest BCUT2D eigenvalue weighted by Crippen LogP contribution is 2.39. The van der Waals surface area contributed by atoms with Crippen LogP contribution in [0, 0.1) is 0 Å². The number of benzene rings is 2. The van der Waals surface area contributed by atoms with Crippen LogP contribution in [0.3, 0.4) is 0 Å². The molecule has 8 heteroatoms. The normalized spacial score (nSPS) is 19.2. The molecule has 0 aromatic heterocycles. The van der Waals surface area contributed by atoms with E-state index in [-0.39, 0.29) is 6.42 Å². The smallest absolute Gasteiger partial charge is 0.257 e. The summed E-state index contributed by atoms with van der Waals surface area (Å²) in [5.74, 6) is 0. The molecule has 0 saturated heterocycles. The Kier molecular flexibility index (Phi) is 4.42. The molecule has 2 unspecified atom stereocenters. The molecular weight excluding hydrogens is 339 g/mol. The van der Waals surface area contributed by atoms with Gasteiger partial charge in [-0.25, -0.2) is 9.35 Å². The predicted molar refractivity (Wildman–Crippen MR) is 86.8 cm³/mol. The number of rotatable bonds is 3. The lowest BCUT2D eigenvalue weighted by Gasteiger charge is -2.24. The Bertz CT molecular complexity index is 775. The van der Waals surface area contributed by atoms with Gasteiger partial charge >= 0.3 is 6.18 Å². The summed E-state index contributed by atoms with van der Waals surface area (Å²) < 4.78 is 50.5. The molecule has 126 valence electrons. The first-order chi connectivity index (χ1) is 11.4. The summed E-state index contributed by atoms with van der Waals surface area (Å²) in [7, 11) is -1.64. The second-order valence-electron chi connectivity index (χ2n) is 5.31. The van der Waals surface area contributed by atoms with Gasteiger partial charge in [-0.15, -0.1) is 0 Å². The van der Waals surface area contributed by atoms with Crippen LogP contribution < -0.4 is 10.1 Å². The average Bonchev–Trinajstić information content (AvgIpc) is 3.01. The van der Waals surface area contributed by atoms with Crippen LogP contribution in [0.2, 0.25) is 0 Å². The van der Waals surface area contributed by atoms with E-state index >= 15 is 0 Å². The van der Waals surface area contributed by atoms with Crippen LogP contribution in [0.25, 0.3) is 0 Å². The maximum Gasteiger partial charge on any atom is 0.431 e. The number of hydrogen-bond donors (Lipinski definition) is 1. The Labute approximate surface area is 139 Å². The number of nitrogens with two attached hydrogens (primary N) is 1. The van der Waals surface area contributed by atoms with Crippen LogP contribution in [0.15, 0.2) is 64.6 Å². The summed E-state index contributed by atoms with van der Waals surface area (Å²) in [6, 6.07) is 14.5. The fraction of sp³-hybridized carbons (Fsp3) is 0.188. The molecule has 1 aliphatic rings. The predicted octanol–water partition coefficient (Wildman–Crippen LogP) is 3.54. The largest absolute Gasteiger partial charge is 0.431 e. The molecule has 4 nitrogen and oxygen atoms in total. The Morgan fingerprint density at radius 1 is 1.08 bits per heavy atom. The van der Waals surface area contributed by atoms with E-state index in [0.29, 0.717) is 10.6 Å². The molecule has 1 heterocycles. The molecule has 0 saturated carbocycles. The molecule has 2 aromatic rings. The van der Waals surface area contributed by atoms with Gasteiger partial charge in [-0.1, -0.05) is 30.3 Å². The highest BCUT2D eigenvalue weighted by atomic mass is 32.2. The van der Waals surface area contributed by atoms with Gasteiger partial charge in [0.2, 0.25) is 0 Å². The summed E-state index contributed by atoms with van der Waals surface area (Å²) in [5.41, 5.74) is 0.409. The highest BCUT2D eigenvalue weighted by molar-refractivity contribution is 7.82. The van der Waals surface area contributed by atoms with Gasteiger partial charge < -0.3 is 0 Å². The van der Waals surface area contributed by atoms with E-state index in [2.05, 4.69) is 5.10 Å². The first-order valence-electron chi connectivity index (χ1n) is 7.11. The fourth-order valence-electron chi connectivity index (χ4n) is 2.59. The second kappa shape index (κ2) is 6.37. The molecule has 0 spiro atoms. The molecule has 0 bridgehead atoms. The zero-order valence-electron chi connectivity index (χ0n) is 12.4. The van der Waals surface area contributed by atoms with Gasteiger partial charge in [0.25, 0.3) is 0 Å². The van der Waals surface area contributed by atoms with E-state index in [1.807, 2.05) is 0 Å². The lowest BCUT2D eigenvalue weighted by atomic mass is 10.0. The number of hydrazone groups is 1. The molecule has 0 radical (unpaired) electrons. The van der Waals surface area contributed by atoms with E-state index in [9.17, 15) is 17.4 Å². The first-order valence-corrected chi connectivity index (χ1v) is 8.32. The molecule has 2 atom stereocenters. The van der Waals surface area contributed by atoms with Crippen molar-refractivity contribution in [3.63, 3.8) is 0 Å². The zero-order chi connectivity index (χ0) is 17.3. The molecule has 2 aromatic carbocycles. The zero-order valence-corrected chi connectivity index (χ0v) is 13.2. The lowest BCUT2D eigenvalue weighted by molar-refractivity contribution is -0.0600. The monoisotopic (exact) mass is 353 g/mol. The van der Waals surface area contributed by atoms with Crippen molar-refractivity contribution in [1.29, 1.82) is 0 Å². The highest BCUT2D eigenvalue weighted by Gasteiger charge is 2.43. The third-order valence-electron chi connectivity index (χ3n) is 3.76. The van der Waals surface area contributed by atoms with Crippen LogP contribution >= 0.6 is 0 Å². The van der Waals surface area contributed by atoms with Gasteiger partial charge in [0.05, 0.1) is 16.6 Å². The number of hydrogen-bond acceptors (Lipinski definition) is 3. The minimum Gasteiger partial charge on any atom is -0.257 e. The minimum atomic E-state index is -4.47. The SMILES string of the molecule is NS(=O)c1ccc(N2N=C(C(F)(F)F)CC2c2ccccc2)cc1. The Morgan fingerprint density at radius 2 is 1.71 bits per heavy atom. The summed E-state index contributed by atoms with van der Waals surface area (Å²) >= 11 is 0. The minimum absolute atomic E-state index is 0.224. The van der Waals surface area contributed by atoms with Gasteiger partial charge in [0.15, 0.2) is 0 Å². The Balaban J connectivity index is 1.99. The van der Waals surface area contributed by atoms with E-state index < -0.39 is 28.9 Å². The summed E-state index contributed by atoms with van der Waals surface area (Å²) in [4.78, 5) is 0.397. The standard InChI is InChI=1S/C16H14F3N3OS/c17-16(18,19)15-10-14(11-4-2-1-3-5-11)22(21-15)12-6-8-13(9-7-12)24(20)23/h1-9,14H,10,20H2. The quantitative estimate of drug-likeness (QED) is 0.918. The van der Waals surface area contributed by atoms with Gasteiger partial charge in [0, 0.05) is 6.42 Å². The summed E-state index contributed by atoms with van der Waals surface area (Å²) in [6.45, 7) is 0. The van der Waals surface area contributed by atoms with E-state index in [1.165, 1.54) is 17.1 Å². The van der Waals surface area contributed by atoms with Gasteiger partial charge in [-0.05, 0) is 29.8 Å². The third-order valence-corrected chi connectivity index (χ3v) is 4.49. The van der Waals surface area contributed by atoms with Crippen molar-refractivity contribution >= 4 is 22.4 Å². The van der Waals surface area contributed by atoms with Crippen LogP contribution in [0.4, 0.5) is 18.9 Å². The van der Waals surface area contributed by atoms with E-state index in [0.717, 1.165) is 5.56 Å². The van der Waals surface area contributed by atoms with Crippen molar-refractivity contribution in [2.24, 2.45) is 10.2 Å². The van der Waals surface area contributed by atoms with Crippen molar-refractivity contribution in [2.75, 3.05) is 5.01 Å². The van der Waals surface area contributed by atoms with Gasteiger partial charge in [0.1, 0.15) is 16.7 Å². The number of anilines is 1. The van der Waals surface area contributed by atoms with Crippen LogP contribution in [-0.2, 0) is 11.0 Å². The summed E-state index contributed by atoms with van der Waals surface area (Å²) in [6.07, 6.45) is -4.70. The van der Waals surface area contributed by atoms with Crippen molar-refractivity contribution in [2.45, 2.75) is 23.5 Å². The van der Waals surface area contributed by atoms with Gasteiger partial charge in [-0.2, -0.15) is 18.3 Å². The molecule has 1 aliphatic heterocycles. The lowest BCUT2D eigenvalue weighted by Crippen LogP contribution is -2.21. The van der Waals surface area contributed by atoms with E-state index in [1.54, 1.807) is 42.5 Å². The fourth-order valence-corrected chi connectivity index (χ4v) is 2.99. The average molecular weight is 353 g/mol. The maximum atomic E-state index is 13.1. The first kappa shape index (κ1) is 16.7. The van der Waals surface area contributed by atoms with Gasteiger partial charge in [-0.3, -0.25) is 5.01 Å². The number of halogens is 3. The maximum absolute atomic E-state index is 13.1. The van der Waals surface area contributed by atoms with E-state index in [4.69, 9.17) is 5.14 Å². The third kappa shape index (κ3) is 3.34. The topological polar surface area (TPSA) is 58.7 Å². The molecule has 0 aliphatic carbocycles. The van der Waals surface area contributed by atoms with Crippen LogP contribution in [-0.4, -0.2) is 16.1 Å². The van der Waals surface area contributed by atoms with Crippen molar-refractivity contribution < 1.29 is 17.4 Å². The molecule has 0 fully saturated rings. The molecular formula is C16H14F3N3OS. The van der Waals surface area contributed by atoms with Crippen LogP contribution in [0.1, 0.15) is 18.0 Å². The Hall–Kier alpha value is -2.19. The van der Waals surface area contributed by atoms with Crippen molar-refractivity contribution in [1.82, 2.24) is 0 Å². The second-order valence-corrected chi connectivity index (χ2v) is 6.38. The van der Waals surface area contributed by atoms with Crippen LogP contribution in [0.5, 0.6) is 0 Å². The Morgan fingerprint density at radius 3 is 2.25 bits per heavy atom. The number of alkyl halides is 3. The molecule has 0 amide bonds.